The van der Waals surface area contributed by atoms with E-state index in [0.717, 1.165) is 44.3 Å². The van der Waals surface area contributed by atoms with Gasteiger partial charge in [-0.2, -0.15) is 4.98 Å². The Morgan fingerprint density at radius 3 is 2.71 bits per heavy atom. The van der Waals surface area contributed by atoms with Gasteiger partial charge in [-0.1, -0.05) is 24.4 Å². The molecule has 0 atom stereocenters. The minimum atomic E-state index is 0.214. The largest absolute Gasteiger partial charge is 0.381 e. The van der Waals surface area contributed by atoms with E-state index in [-0.39, 0.29) is 11.8 Å². The van der Waals surface area contributed by atoms with Gasteiger partial charge in [-0.15, -0.1) is 0 Å². The average Bonchev–Trinajstić information content (AvgIpc) is 3.29. The summed E-state index contributed by atoms with van der Waals surface area (Å²) in [6.07, 6.45) is 9.12. The van der Waals surface area contributed by atoms with Gasteiger partial charge >= 0.3 is 0 Å². The summed E-state index contributed by atoms with van der Waals surface area (Å²) in [4.78, 5) is 18.9. The van der Waals surface area contributed by atoms with Gasteiger partial charge in [0.1, 0.15) is 0 Å². The molecule has 3 fully saturated rings. The van der Waals surface area contributed by atoms with Gasteiger partial charge in [0.25, 0.3) is 0 Å². The zero-order chi connectivity index (χ0) is 16.4. The highest BCUT2D eigenvalue weighted by atomic mass is 16.5. The van der Waals surface area contributed by atoms with Gasteiger partial charge in [-0.25, -0.2) is 0 Å². The molecule has 2 heterocycles. The molecule has 1 aromatic heterocycles. The molecule has 2 saturated carbocycles. The van der Waals surface area contributed by atoms with E-state index < -0.39 is 0 Å². The van der Waals surface area contributed by atoms with Crippen molar-refractivity contribution in [1.29, 1.82) is 0 Å². The lowest BCUT2D eigenvalue weighted by atomic mass is 9.86. The van der Waals surface area contributed by atoms with E-state index in [1.54, 1.807) is 0 Å². The molecule has 0 aromatic carbocycles. The molecule has 1 aromatic rings. The third-order valence-corrected chi connectivity index (χ3v) is 5.50. The quantitative estimate of drug-likeness (QED) is 0.717. The monoisotopic (exact) mass is 333 g/mol. The first-order valence-electron chi connectivity index (χ1n) is 9.48. The van der Waals surface area contributed by atoms with Crippen LogP contribution in [0.25, 0.3) is 0 Å². The topological polar surface area (TPSA) is 68.5 Å². The van der Waals surface area contributed by atoms with Gasteiger partial charge in [0.15, 0.2) is 5.82 Å². The number of aromatic nitrogens is 2. The van der Waals surface area contributed by atoms with Crippen LogP contribution >= 0.6 is 0 Å². The van der Waals surface area contributed by atoms with E-state index in [9.17, 15) is 4.79 Å². The summed E-state index contributed by atoms with van der Waals surface area (Å²) in [5.74, 6) is 2.98. The molecule has 1 amide bonds. The van der Waals surface area contributed by atoms with Crippen LogP contribution in [0.5, 0.6) is 0 Å². The van der Waals surface area contributed by atoms with Crippen LogP contribution in [0.2, 0.25) is 0 Å². The standard InChI is InChI=1S/C18H27N3O3/c22-18(14-4-2-1-3-5-14)21-10-15(11-21)17-19-16(20-24-17)8-9-23-12-13-6-7-13/h13-15H,1-12H2. The Kier molecular flexibility index (Phi) is 4.83. The summed E-state index contributed by atoms with van der Waals surface area (Å²) in [7, 11) is 0. The molecule has 3 aliphatic rings. The Morgan fingerprint density at radius 1 is 1.17 bits per heavy atom. The predicted octanol–water partition coefficient (Wildman–Crippen LogP) is 2.54. The molecule has 1 aliphatic heterocycles. The maximum Gasteiger partial charge on any atom is 0.233 e. The van der Waals surface area contributed by atoms with Crippen LogP contribution in [0.15, 0.2) is 4.52 Å². The third-order valence-electron chi connectivity index (χ3n) is 5.50. The highest BCUT2D eigenvalue weighted by Gasteiger charge is 2.38. The zero-order valence-corrected chi connectivity index (χ0v) is 14.3. The second-order valence-electron chi connectivity index (χ2n) is 7.59. The van der Waals surface area contributed by atoms with Crippen LogP contribution in [-0.2, 0) is 16.0 Å². The Balaban J connectivity index is 1.19. The number of carbonyl (C=O) groups excluding carboxylic acids is 1. The maximum atomic E-state index is 12.4. The van der Waals surface area contributed by atoms with Gasteiger partial charge < -0.3 is 14.2 Å². The first-order chi connectivity index (χ1) is 11.8. The minimum Gasteiger partial charge on any atom is -0.381 e. The summed E-state index contributed by atoms with van der Waals surface area (Å²) >= 11 is 0. The Morgan fingerprint density at radius 2 is 1.96 bits per heavy atom. The molecule has 0 unspecified atom stereocenters. The van der Waals surface area contributed by atoms with Crippen LogP contribution in [0.4, 0.5) is 0 Å². The van der Waals surface area contributed by atoms with Crippen LogP contribution in [0.3, 0.4) is 0 Å². The summed E-state index contributed by atoms with van der Waals surface area (Å²) in [6.45, 7) is 2.99. The highest BCUT2D eigenvalue weighted by molar-refractivity contribution is 5.79. The van der Waals surface area contributed by atoms with Crippen LogP contribution in [0, 0.1) is 11.8 Å². The van der Waals surface area contributed by atoms with Gasteiger partial charge in [0.05, 0.1) is 12.5 Å². The van der Waals surface area contributed by atoms with Crippen molar-refractivity contribution < 1.29 is 14.1 Å². The van der Waals surface area contributed by atoms with E-state index in [4.69, 9.17) is 9.26 Å². The number of hydrogen-bond donors (Lipinski definition) is 0. The molecular weight excluding hydrogens is 306 g/mol. The molecule has 1 saturated heterocycles. The summed E-state index contributed by atoms with van der Waals surface area (Å²) < 4.78 is 11.0. The van der Waals surface area contributed by atoms with Gasteiger partial charge in [0, 0.05) is 32.0 Å². The van der Waals surface area contributed by atoms with E-state index in [1.807, 2.05) is 4.90 Å². The average molecular weight is 333 g/mol. The lowest BCUT2D eigenvalue weighted by molar-refractivity contribution is -0.141. The Labute approximate surface area is 142 Å². The first-order valence-corrected chi connectivity index (χ1v) is 9.48. The smallest absolute Gasteiger partial charge is 0.233 e. The van der Waals surface area contributed by atoms with E-state index in [2.05, 4.69) is 10.1 Å². The fraction of sp³-hybridized carbons (Fsp3) is 0.833. The lowest BCUT2D eigenvalue weighted by Crippen LogP contribution is -2.51. The molecule has 0 radical (unpaired) electrons. The van der Waals surface area contributed by atoms with Crippen LogP contribution < -0.4 is 0 Å². The molecule has 4 rings (SSSR count). The molecule has 6 heteroatoms. The van der Waals surface area contributed by atoms with E-state index in [0.29, 0.717) is 24.8 Å². The number of rotatable bonds is 7. The Hall–Kier alpha value is -1.43. The molecule has 0 N–H and O–H groups in total. The molecule has 6 nitrogen and oxygen atoms in total. The summed E-state index contributed by atoms with van der Waals surface area (Å²) in [5.41, 5.74) is 0. The number of carbonyl (C=O) groups is 1. The maximum absolute atomic E-state index is 12.4. The molecule has 0 spiro atoms. The lowest BCUT2D eigenvalue weighted by Gasteiger charge is -2.39. The van der Waals surface area contributed by atoms with Gasteiger partial charge in [-0.3, -0.25) is 4.79 Å². The van der Waals surface area contributed by atoms with Crippen LogP contribution in [0.1, 0.15) is 62.6 Å². The number of nitrogens with zero attached hydrogens (tertiary/aromatic N) is 3. The summed E-state index contributed by atoms with van der Waals surface area (Å²) in [5, 5.41) is 4.04. The SMILES string of the molecule is O=C(C1CCCCC1)N1CC(c2nc(CCOCC3CC3)no2)C1. The second-order valence-corrected chi connectivity index (χ2v) is 7.59. The molecular formula is C18H27N3O3. The minimum absolute atomic E-state index is 0.214. The number of likely N-dealkylation sites (tertiary alicyclic amines) is 1. The molecule has 0 bridgehead atoms. The summed E-state index contributed by atoms with van der Waals surface area (Å²) in [6, 6.07) is 0. The fourth-order valence-corrected chi connectivity index (χ4v) is 3.66. The number of ether oxygens (including phenoxy) is 1. The van der Waals surface area contributed by atoms with Gasteiger partial charge in [0.2, 0.25) is 11.8 Å². The van der Waals surface area contributed by atoms with E-state index >= 15 is 0 Å². The zero-order valence-electron chi connectivity index (χ0n) is 14.3. The fourth-order valence-electron chi connectivity index (χ4n) is 3.66. The normalized spacial score (nSPS) is 22.6. The van der Waals surface area contributed by atoms with Crippen LogP contribution in [-0.4, -0.2) is 47.3 Å². The van der Waals surface area contributed by atoms with Crippen molar-refractivity contribution in [2.24, 2.45) is 11.8 Å². The molecule has 132 valence electrons. The highest BCUT2D eigenvalue weighted by Crippen LogP contribution is 2.31. The van der Waals surface area contributed by atoms with Crippen molar-refractivity contribution in [3.8, 4) is 0 Å². The second kappa shape index (κ2) is 7.21. The Bertz CT molecular complexity index is 558. The van der Waals surface area contributed by atoms with E-state index in [1.165, 1.54) is 32.1 Å². The predicted molar refractivity (Wildman–Crippen MR) is 87.4 cm³/mol. The number of amides is 1. The third kappa shape index (κ3) is 3.79. The van der Waals surface area contributed by atoms with Crippen molar-refractivity contribution >= 4 is 5.91 Å². The molecule has 24 heavy (non-hydrogen) atoms. The van der Waals surface area contributed by atoms with Gasteiger partial charge in [-0.05, 0) is 31.6 Å². The van der Waals surface area contributed by atoms with Crippen molar-refractivity contribution in [1.82, 2.24) is 15.0 Å². The molecule has 2 aliphatic carbocycles. The van der Waals surface area contributed by atoms with Crippen molar-refractivity contribution in [3.63, 3.8) is 0 Å². The number of hydrogen-bond acceptors (Lipinski definition) is 5. The van der Waals surface area contributed by atoms with Crippen molar-refractivity contribution in [2.45, 2.75) is 57.3 Å². The first kappa shape index (κ1) is 16.1. The van der Waals surface area contributed by atoms with Crippen molar-refractivity contribution in [3.05, 3.63) is 11.7 Å². The van der Waals surface area contributed by atoms with Crippen molar-refractivity contribution in [2.75, 3.05) is 26.3 Å².